The lowest BCUT2D eigenvalue weighted by atomic mass is 10.2. The predicted octanol–water partition coefficient (Wildman–Crippen LogP) is 1.77. The molecule has 0 unspecified atom stereocenters. The first-order chi connectivity index (χ1) is 14.0. The SMILES string of the molecule is Cc1nc(N2CCCC2)cc(N2CCN(S(=O)(=O)c3ccc(C#N)cc3)CC2)n1. The van der Waals surface area contributed by atoms with Crippen LogP contribution in [0.25, 0.3) is 0 Å². The van der Waals surface area contributed by atoms with Crippen molar-refractivity contribution in [1.82, 2.24) is 14.3 Å². The van der Waals surface area contributed by atoms with E-state index in [-0.39, 0.29) is 4.90 Å². The van der Waals surface area contributed by atoms with Crippen LogP contribution in [0.1, 0.15) is 24.2 Å². The summed E-state index contributed by atoms with van der Waals surface area (Å²) in [5, 5.41) is 8.90. The second-order valence-electron chi connectivity index (χ2n) is 7.35. The lowest BCUT2D eigenvalue weighted by Gasteiger charge is -2.35. The molecule has 2 saturated heterocycles. The first-order valence-electron chi connectivity index (χ1n) is 9.83. The van der Waals surface area contributed by atoms with Gasteiger partial charge in [0.2, 0.25) is 10.0 Å². The number of nitriles is 1. The number of aromatic nitrogens is 2. The number of nitrogens with zero attached hydrogens (tertiary/aromatic N) is 6. The van der Waals surface area contributed by atoms with Gasteiger partial charge in [-0.25, -0.2) is 18.4 Å². The monoisotopic (exact) mass is 412 g/mol. The molecule has 152 valence electrons. The van der Waals surface area contributed by atoms with E-state index in [1.165, 1.54) is 41.4 Å². The molecule has 0 spiro atoms. The molecule has 0 radical (unpaired) electrons. The topological polar surface area (TPSA) is 93.4 Å². The van der Waals surface area contributed by atoms with E-state index in [9.17, 15) is 8.42 Å². The zero-order valence-corrected chi connectivity index (χ0v) is 17.3. The van der Waals surface area contributed by atoms with Gasteiger partial charge in [-0.05, 0) is 44.0 Å². The largest absolute Gasteiger partial charge is 0.356 e. The van der Waals surface area contributed by atoms with E-state index < -0.39 is 10.0 Å². The minimum absolute atomic E-state index is 0.221. The van der Waals surface area contributed by atoms with Crippen molar-refractivity contribution >= 4 is 21.7 Å². The van der Waals surface area contributed by atoms with E-state index in [1.807, 2.05) is 19.1 Å². The van der Waals surface area contributed by atoms with Crippen LogP contribution in [-0.4, -0.2) is 62.0 Å². The Hall–Kier alpha value is -2.70. The maximum atomic E-state index is 12.9. The number of sulfonamides is 1. The molecule has 29 heavy (non-hydrogen) atoms. The van der Waals surface area contributed by atoms with Gasteiger partial charge in [0.25, 0.3) is 0 Å². The number of anilines is 2. The van der Waals surface area contributed by atoms with E-state index in [4.69, 9.17) is 5.26 Å². The van der Waals surface area contributed by atoms with Crippen LogP contribution in [0.4, 0.5) is 11.6 Å². The smallest absolute Gasteiger partial charge is 0.243 e. The fraction of sp³-hybridized carbons (Fsp3) is 0.450. The highest BCUT2D eigenvalue weighted by Gasteiger charge is 2.29. The van der Waals surface area contributed by atoms with Gasteiger partial charge in [0.1, 0.15) is 17.5 Å². The van der Waals surface area contributed by atoms with Crippen LogP contribution < -0.4 is 9.80 Å². The summed E-state index contributed by atoms with van der Waals surface area (Å²) < 4.78 is 27.3. The van der Waals surface area contributed by atoms with Crippen molar-refractivity contribution in [3.05, 3.63) is 41.7 Å². The number of aryl methyl sites for hydroxylation is 1. The molecule has 1 aromatic heterocycles. The van der Waals surface area contributed by atoms with E-state index >= 15 is 0 Å². The first-order valence-corrected chi connectivity index (χ1v) is 11.3. The molecule has 2 aliphatic heterocycles. The standard InChI is InChI=1S/C20H24N6O2S/c1-16-22-19(24-8-2-3-9-24)14-20(23-16)25-10-12-26(13-11-25)29(27,28)18-6-4-17(15-21)5-7-18/h4-7,14H,2-3,8-13H2,1H3. The molecule has 0 saturated carbocycles. The second kappa shape index (κ2) is 7.97. The quantitative estimate of drug-likeness (QED) is 0.755. The van der Waals surface area contributed by atoms with Gasteiger partial charge in [-0.2, -0.15) is 9.57 Å². The van der Waals surface area contributed by atoms with Gasteiger partial charge in [-0.15, -0.1) is 0 Å². The van der Waals surface area contributed by atoms with Gasteiger partial charge < -0.3 is 9.80 Å². The Morgan fingerprint density at radius 3 is 2.00 bits per heavy atom. The number of piperazine rings is 1. The summed E-state index contributed by atoms with van der Waals surface area (Å²) in [5.74, 6) is 2.55. The van der Waals surface area contributed by atoms with Gasteiger partial charge in [0.05, 0.1) is 16.5 Å². The number of rotatable bonds is 4. The van der Waals surface area contributed by atoms with Crippen molar-refractivity contribution in [1.29, 1.82) is 5.26 Å². The summed E-state index contributed by atoms with van der Waals surface area (Å²) in [4.78, 5) is 13.8. The summed E-state index contributed by atoms with van der Waals surface area (Å²) in [6.07, 6.45) is 2.37. The van der Waals surface area contributed by atoms with E-state index in [0.717, 1.165) is 30.5 Å². The summed E-state index contributed by atoms with van der Waals surface area (Å²) in [5.41, 5.74) is 0.446. The number of hydrogen-bond acceptors (Lipinski definition) is 7. The van der Waals surface area contributed by atoms with Gasteiger partial charge in [-0.1, -0.05) is 0 Å². The minimum atomic E-state index is -3.57. The normalized spacial score (nSPS) is 18.1. The van der Waals surface area contributed by atoms with Crippen molar-refractivity contribution in [2.45, 2.75) is 24.7 Å². The fourth-order valence-electron chi connectivity index (χ4n) is 3.81. The fourth-order valence-corrected chi connectivity index (χ4v) is 5.24. The van der Waals surface area contributed by atoms with Crippen LogP contribution in [0.2, 0.25) is 0 Å². The molecule has 0 amide bonds. The molecular weight excluding hydrogens is 388 g/mol. The van der Waals surface area contributed by atoms with Gasteiger partial charge in [0, 0.05) is 45.3 Å². The summed E-state index contributed by atoms with van der Waals surface area (Å²) in [7, 11) is -3.57. The highest BCUT2D eigenvalue weighted by molar-refractivity contribution is 7.89. The molecular formula is C20H24N6O2S. The zero-order valence-electron chi connectivity index (χ0n) is 16.5. The predicted molar refractivity (Wildman–Crippen MR) is 110 cm³/mol. The molecule has 4 rings (SSSR count). The molecule has 8 nitrogen and oxygen atoms in total. The minimum Gasteiger partial charge on any atom is -0.356 e. The maximum absolute atomic E-state index is 12.9. The van der Waals surface area contributed by atoms with Crippen molar-refractivity contribution in [2.75, 3.05) is 49.1 Å². The van der Waals surface area contributed by atoms with Gasteiger partial charge >= 0.3 is 0 Å². The third-order valence-corrected chi connectivity index (χ3v) is 7.34. The molecule has 0 atom stereocenters. The lowest BCUT2D eigenvalue weighted by molar-refractivity contribution is 0.383. The molecule has 2 aromatic rings. The molecule has 2 aliphatic rings. The van der Waals surface area contributed by atoms with Crippen molar-refractivity contribution in [3.8, 4) is 6.07 Å². The van der Waals surface area contributed by atoms with Crippen LogP contribution in [-0.2, 0) is 10.0 Å². The molecule has 0 bridgehead atoms. The zero-order chi connectivity index (χ0) is 20.4. The average Bonchev–Trinajstić information content (AvgIpc) is 3.28. The maximum Gasteiger partial charge on any atom is 0.243 e. The Bertz CT molecular complexity index is 1020. The van der Waals surface area contributed by atoms with E-state index in [0.29, 0.717) is 31.7 Å². The Morgan fingerprint density at radius 2 is 1.45 bits per heavy atom. The lowest BCUT2D eigenvalue weighted by Crippen LogP contribution is -2.49. The summed E-state index contributed by atoms with van der Waals surface area (Å²) >= 11 is 0. The molecule has 0 N–H and O–H groups in total. The summed E-state index contributed by atoms with van der Waals surface area (Å²) in [6.45, 7) is 5.87. The molecule has 9 heteroatoms. The average molecular weight is 413 g/mol. The van der Waals surface area contributed by atoms with E-state index in [2.05, 4.69) is 19.8 Å². The second-order valence-corrected chi connectivity index (χ2v) is 9.29. The molecule has 1 aromatic carbocycles. The van der Waals surface area contributed by atoms with Crippen molar-refractivity contribution in [3.63, 3.8) is 0 Å². The van der Waals surface area contributed by atoms with Crippen LogP contribution in [0.15, 0.2) is 35.2 Å². The highest BCUT2D eigenvalue weighted by atomic mass is 32.2. The van der Waals surface area contributed by atoms with Crippen molar-refractivity contribution < 1.29 is 8.42 Å². The third-order valence-electron chi connectivity index (χ3n) is 5.42. The van der Waals surface area contributed by atoms with Crippen LogP contribution >= 0.6 is 0 Å². The Balaban J connectivity index is 1.47. The highest BCUT2D eigenvalue weighted by Crippen LogP contribution is 2.25. The third kappa shape index (κ3) is 4.04. The molecule has 2 fully saturated rings. The van der Waals surface area contributed by atoms with Crippen LogP contribution in [0.5, 0.6) is 0 Å². The first kappa shape index (κ1) is 19.6. The summed E-state index contributed by atoms with van der Waals surface area (Å²) in [6, 6.07) is 10.1. The number of hydrogen-bond donors (Lipinski definition) is 0. The number of benzene rings is 1. The van der Waals surface area contributed by atoms with E-state index in [1.54, 1.807) is 0 Å². The van der Waals surface area contributed by atoms with Crippen LogP contribution in [0, 0.1) is 18.3 Å². The van der Waals surface area contributed by atoms with Gasteiger partial charge in [0.15, 0.2) is 0 Å². The Morgan fingerprint density at radius 1 is 0.897 bits per heavy atom. The van der Waals surface area contributed by atoms with Crippen LogP contribution in [0.3, 0.4) is 0 Å². The molecule has 3 heterocycles. The van der Waals surface area contributed by atoms with Crippen molar-refractivity contribution in [2.24, 2.45) is 0 Å². The van der Waals surface area contributed by atoms with Gasteiger partial charge in [-0.3, -0.25) is 0 Å². The molecule has 0 aliphatic carbocycles. The Labute approximate surface area is 171 Å². The Kier molecular flexibility index (Phi) is 5.39.